The fourth-order valence-corrected chi connectivity index (χ4v) is 5.40. The number of hydrogen-bond acceptors (Lipinski definition) is 4. The molecular formula is C28H40ClN3O4S. The summed E-state index contributed by atoms with van der Waals surface area (Å²) in [5, 5.41) is 3.47. The van der Waals surface area contributed by atoms with E-state index in [4.69, 9.17) is 11.6 Å². The lowest BCUT2D eigenvalue weighted by molar-refractivity contribution is -0.141. The fraction of sp³-hybridized carbons (Fsp3) is 0.500. The van der Waals surface area contributed by atoms with E-state index in [9.17, 15) is 18.0 Å². The molecule has 1 atom stereocenters. The van der Waals surface area contributed by atoms with Crippen molar-refractivity contribution in [3.63, 3.8) is 0 Å². The Hall–Kier alpha value is -2.58. The van der Waals surface area contributed by atoms with Crippen LogP contribution < -0.4 is 9.62 Å². The highest BCUT2D eigenvalue weighted by Gasteiger charge is 2.29. The number of hydrogen-bond donors (Lipinski definition) is 1. The monoisotopic (exact) mass is 549 g/mol. The van der Waals surface area contributed by atoms with Crippen LogP contribution in [0.25, 0.3) is 0 Å². The van der Waals surface area contributed by atoms with Gasteiger partial charge in [0.05, 0.1) is 11.9 Å². The van der Waals surface area contributed by atoms with Crippen molar-refractivity contribution in [1.82, 2.24) is 10.2 Å². The first-order valence-electron chi connectivity index (χ1n) is 12.7. The van der Waals surface area contributed by atoms with Gasteiger partial charge in [-0.25, -0.2) is 8.42 Å². The Balaban J connectivity index is 2.24. The van der Waals surface area contributed by atoms with Gasteiger partial charge in [-0.1, -0.05) is 56.6 Å². The zero-order valence-electron chi connectivity index (χ0n) is 22.8. The number of halogens is 1. The molecular weight excluding hydrogens is 510 g/mol. The molecule has 2 aromatic rings. The summed E-state index contributed by atoms with van der Waals surface area (Å²) in [6.07, 6.45) is 2.01. The van der Waals surface area contributed by atoms with Gasteiger partial charge >= 0.3 is 0 Å². The van der Waals surface area contributed by atoms with Crippen molar-refractivity contribution >= 4 is 39.1 Å². The highest BCUT2D eigenvalue weighted by atomic mass is 35.5. The van der Waals surface area contributed by atoms with Crippen LogP contribution >= 0.6 is 11.6 Å². The second-order valence-electron chi connectivity index (χ2n) is 9.96. The molecule has 204 valence electrons. The Morgan fingerprint density at radius 2 is 1.68 bits per heavy atom. The van der Waals surface area contributed by atoms with Crippen LogP contribution in [0.4, 0.5) is 5.69 Å². The van der Waals surface area contributed by atoms with Gasteiger partial charge in [0.2, 0.25) is 21.8 Å². The topological polar surface area (TPSA) is 86.8 Å². The summed E-state index contributed by atoms with van der Waals surface area (Å²) in [5.74, 6) is -0.147. The molecule has 0 aliphatic carbocycles. The van der Waals surface area contributed by atoms with Gasteiger partial charge in [0.15, 0.2) is 0 Å². The smallest absolute Gasteiger partial charge is 0.242 e. The first-order chi connectivity index (χ1) is 17.3. The minimum atomic E-state index is -3.55. The molecule has 0 radical (unpaired) electrons. The van der Waals surface area contributed by atoms with Crippen LogP contribution in [0, 0.1) is 19.8 Å². The van der Waals surface area contributed by atoms with Crippen LogP contribution in [0.15, 0.2) is 42.5 Å². The highest BCUT2D eigenvalue weighted by Crippen LogP contribution is 2.23. The first kappa shape index (κ1) is 30.6. The summed E-state index contributed by atoms with van der Waals surface area (Å²) in [5.41, 5.74) is 3.26. The van der Waals surface area contributed by atoms with E-state index in [1.165, 1.54) is 10.6 Å². The number of nitrogens with zero attached hydrogens (tertiary/aromatic N) is 2. The van der Waals surface area contributed by atoms with Crippen LogP contribution in [0.1, 0.15) is 56.7 Å². The molecule has 0 aromatic heterocycles. The van der Waals surface area contributed by atoms with E-state index in [0.717, 1.165) is 16.7 Å². The highest BCUT2D eigenvalue weighted by molar-refractivity contribution is 7.92. The van der Waals surface area contributed by atoms with Crippen molar-refractivity contribution in [3.8, 4) is 0 Å². The number of carbonyl (C=O) groups is 2. The van der Waals surface area contributed by atoms with E-state index in [1.54, 1.807) is 11.0 Å². The van der Waals surface area contributed by atoms with E-state index >= 15 is 0 Å². The van der Waals surface area contributed by atoms with E-state index in [0.29, 0.717) is 30.1 Å². The SMILES string of the molecule is CC[C@H](C(=O)NCC(C)C)N(Cc1ccccc1Cl)C(=O)CCCN(c1cc(C)cc(C)c1)S(C)(=O)=O. The number of aryl methyl sites for hydroxylation is 2. The number of benzene rings is 2. The lowest BCUT2D eigenvalue weighted by atomic mass is 10.1. The molecule has 2 amide bonds. The van der Waals surface area contributed by atoms with Crippen molar-refractivity contribution in [3.05, 3.63) is 64.2 Å². The predicted octanol–water partition coefficient (Wildman–Crippen LogP) is 5.08. The Morgan fingerprint density at radius 1 is 1.05 bits per heavy atom. The lowest BCUT2D eigenvalue weighted by Crippen LogP contribution is -2.49. The summed E-state index contributed by atoms with van der Waals surface area (Å²) in [6, 6.07) is 12.2. The maximum atomic E-state index is 13.5. The number of amides is 2. The Labute approximate surface area is 227 Å². The van der Waals surface area contributed by atoms with E-state index in [-0.39, 0.29) is 37.2 Å². The van der Waals surface area contributed by atoms with Gasteiger partial charge in [-0.2, -0.15) is 0 Å². The average Bonchev–Trinajstić information content (AvgIpc) is 2.79. The van der Waals surface area contributed by atoms with E-state index in [2.05, 4.69) is 5.32 Å². The molecule has 0 heterocycles. The Kier molecular flexibility index (Phi) is 11.4. The van der Waals surface area contributed by atoms with Crippen LogP contribution in [0.5, 0.6) is 0 Å². The second-order valence-corrected chi connectivity index (χ2v) is 12.3. The largest absolute Gasteiger partial charge is 0.354 e. The Bertz CT molecular complexity index is 1160. The van der Waals surface area contributed by atoms with Crippen LogP contribution in [0.3, 0.4) is 0 Å². The lowest BCUT2D eigenvalue weighted by Gasteiger charge is -2.31. The van der Waals surface area contributed by atoms with Crippen LogP contribution in [-0.4, -0.2) is 50.5 Å². The maximum absolute atomic E-state index is 13.5. The summed E-state index contributed by atoms with van der Waals surface area (Å²) >= 11 is 6.38. The van der Waals surface area contributed by atoms with Crippen molar-refractivity contribution in [2.45, 2.75) is 66.5 Å². The average molecular weight is 550 g/mol. The van der Waals surface area contributed by atoms with Crippen LogP contribution in [0.2, 0.25) is 5.02 Å². The van der Waals surface area contributed by atoms with Crippen molar-refractivity contribution < 1.29 is 18.0 Å². The maximum Gasteiger partial charge on any atom is 0.242 e. The van der Waals surface area contributed by atoms with Gasteiger partial charge < -0.3 is 10.2 Å². The molecule has 2 rings (SSSR count). The standard InChI is InChI=1S/C28H40ClN3O4S/c1-7-26(28(34)30-18-20(2)3)31(19-23-11-8-9-12-25(23)29)27(33)13-10-14-32(37(6,35)36)24-16-21(4)15-22(5)17-24/h8-9,11-12,15-17,20,26H,7,10,13-14,18-19H2,1-6H3,(H,30,34)/t26-/m1/s1. The molecule has 0 aliphatic rings. The van der Waals surface area contributed by atoms with Crippen molar-refractivity contribution in [1.29, 1.82) is 0 Å². The molecule has 1 N–H and O–H groups in total. The summed E-state index contributed by atoms with van der Waals surface area (Å²) in [7, 11) is -3.55. The van der Waals surface area contributed by atoms with E-state index < -0.39 is 16.1 Å². The van der Waals surface area contributed by atoms with Gasteiger partial charge in [-0.15, -0.1) is 0 Å². The third kappa shape index (κ3) is 9.34. The number of anilines is 1. The zero-order chi connectivity index (χ0) is 27.8. The van der Waals surface area contributed by atoms with Gasteiger partial charge in [-0.3, -0.25) is 13.9 Å². The summed E-state index contributed by atoms with van der Waals surface area (Å²) < 4.78 is 26.5. The number of nitrogens with one attached hydrogen (secondary N) is 1. The molecule has 0 bridgehead atoms. The minimum Gasteiger partial charge on any atom is -0.354 e. The quantitative estimate of drug-likeness (QED) is 0.377. The summed E-state index contributed by atoms with van der Waals surface area (Å²) in [4.78, 5) is 28.1. The fourth-order valence-electron chi connectivity index (χ4n) is 4.25. The number of carbonyl (C=O) groups excluding carboxylic acids is 2. The molecule has 0 fully saturated rings. The molecule has 37 heavy (non-hydrogen) atoms. The molecule has 0 spiro atoms. The zero-order valence-corrected chi connectivity index (χ0v) is 24.3. The molecule has 7 nitrogen and oxygen atoms in total. The molecule has 9 heteroatoms. The minimum absolute atomic E-state index is 0.0925. The van der Waals surface area contributed by atoms with Crippen molar-refractivity contribution in [2.24, 2.45) is 5.92 Å². The second kappa shape index (κ2) is 13.8. The van der Waals surface area contributed by atoms with E-state index in [1.807, 2.05) is 71.0 Å². The number of rotatable bonds is 13. The normalized spacial score (nSPS) is 12.3. The van der Waals surface area contributed by atoms with Gasteiger partial charge in [0.1, 0.15) is 6.04 Å². The van der Waals surface area contributed by atoms with Crippen molar-refractivity contribution in [2.75, 3.05) is 23.7 Å². The van der Waals surface area contributed by atoms with Crippen LogP contribution in [-0.2, 0) is 26.2 Å². The molecule has 0 saturated carbocycles. The van der Waals surface area contributed by atoms with Gasteiger partial charge in [0, 0.05) is 31.1 Å². The third-order valence-corrected chi connectivity index (χ3v) is 7.58. The first-order valence-corrected chi connectivity index (χ1v) is 14.9. The van der Waals surface area contributed by atoms with Gasteiger partial charge in [0.25, 0.3) is 0 Å². The summed E-state index contributed by atoms with van der Waals surface area (Å²) in [6.45, 7) is 10.6. The third-order valence-electron chi connectivity index (χ3n) is 6.02. The molecule has 2 aromatic carbocycles. The Morgan fingerprint density at radius 3 is 2.22 bits per heavy atom. The molecule has 0 unspecified atom stereocenters. The van der Waals surface area contributed by atoms with Gasteiger partial charge in [-0.05, 0) is 67.5 Å². The molecule has 0 saturated heterocycles. The number of sulfonamides is 1. The molecule has 0 aliphatic heterocycles. The predicted molar refractivity (Wildman–Crippen MR) is 151 cm³/mol.